The highest BCUT2D eigenvalue weighted by Gasteiger charge is 2.29. The minimum Gasteiger partial charge on any atom is -0.493 e. The first-order valence-corrected chi connectivity index (χ1v) is 8.79. The summed E-state index contributed by atoms with van der Waals surface area (Å²) in [6.07, 6.45) is 3.22. The molecular formula is C19H28N2O4. The minimum absolute atomic E-state index is 0.00327. The van der Waals surface area contributed by atoms with Crippen LogP contribution in [0.3, 0.4) is 0 Å². The van der Waals surface area contributed by atoms with Crippen molar-refractivity contribution < 1.29 is 19.1 Å². The zero-order valence-electron chi connectivity index (χ0n) is 15.5. The van der Waals surface area contributed by atoms with E-state index in [1.165, 1.54) is 7.11 Å². The van der Waals surface area contributed by atoms with Crippen molar-refractivity contribution in [1.29, 1.82) is 0 Å². The summed E-state index contributed by atoms with van der Waals surface area (Å²) in [6.45, 7) is 5.44. The van der Waals surface area contributed by atoms with Gasteiger partial charge in [0.15, 0.2) is 11.5 Å². The van der Waals surface area contributed by atoms with Crippen molar-refractivity contribution >= 4 is 11.8 Å². The number of methoxy groups -OCH3 is 2. The molecule has 1 aliphatic heterocycles. The fourth-order valence-electron chi connectivity index (χ4n) is 3.03. The molecule has 0 saturated carbocycles. The van der Waals surface area contributed by atoms with Crippen molar-refractivity contribution in [3.8, 4) is 11.5 Å². The molecule has 1 saturated heterocycles. The van der Waals surface area contributed by atoms with Crippen LogP contribution >= 0.6 is 0 Å². The molecule has 25 heavy (non-hydrogen) atoms. The quantitative estimate of drug-likeness (QED) is 0.857. The van der Waals surface area contributed by atoms with Crippen LogP contribution in [-0.4, -0.2) is 50.1 Å². The Morgan fingerprint density at radius 2 is 1.68 bits per heavy atom. The molecule has 6 heteroatoms. The average molecular weight is 348 g/mol. The van der Waals surface area contributed by atoms with Crippen LogP contribution in [-0.2, 0) is 4.79 Å². The average Bonchev–Trinajstić information content (AvgIpc) is 2.65. The Morgan fingerprint density at radius 1 is 1.04 bits per heavy atom. The Morgan fingerprint density at radius 3 is 2.24 bits per heavy atom. The molecule has 6 nitrogen and oxygen atoms in total. The van der Waals surface area contributed by atoms with Crippen molar-refractivity contribution in [2.24, 2.45) is 5.92 Å². The van der Waals surface area contributed by atoms with Crippen molar-refractivity contribution in [3.63, 3.8) is 0 Å². The standard InChI is InChI=1S/C19H28N2O4/c1-13(2)17(19(23)21-10-6-5-7-11-21)20-18(22)14-8-9-15(24-3)16(12-14)25-4/h8-9,12-13,17H,5-7,10-11H2,1-4H3,(H,20,22)/t17-/m1/s1. The fraction of sp³-hybridized carbons (Fsp3) is 0.579. The van der Waals surface area contributed by atoms with E-state index in [0.717, 1.165) is 32.4 Å². The minimum atomic E-state index is -0.529. The Balaban J connectivity index is 2.13. The first kappa shape index (κ1) is 19.1. The summed E-state index contributed by atoms with van der Waals surface area (Å²) < 4.78 is 10.4. The van der Waals surface area contributed by atoms with Gasteiger partial charge in [-0.3, -0.25) is 9.59 Å². The molecule has 1 aromatic rings. The van der Waals surface area contributed by atoms with Gasteiger partial charge in [-0.1, -0.05) is 13.8 Å². The molecule has 1 fully saturated rings. The second kappa shape index (κ2) is 8.74. The number of ether oxygens (including phenoxy) is 2. The van der Waals surface area contributed by atoms with E-state index >= 15 is 0 Å². The molecule has 1 N–H and O–H groups in total. The molecule has 0 bridgehead atoms. The number of nitrogens with zero attached hydrogens (tertiary/aromatic N) is 1. The summed E-state index contributed by atoms with van der Waals surface area (Å²) in [5.74, 6) is 0.773. The molecule has 0 aromatic heterocycles. The molecule has 1 aliphatic rings. The smallest absolute Gasteiger partial charge is 0.252 e. The van der Waals surface area contributed by atoms with E-state index in [9.17, 15) is 9.59 Å². The monoisotopic (exact) mass is 348 g/mol. The first-order chi connectivity index (χ1) is 12.0. The number of nitrogens with one attached hydrogen (secondary N) is 1. The zero-order valence-corrected chi connectivity index (χ0v) is 15.5. The van der Waals surface area contributed by atoms with Gasteiger partial charge >= 0.3 is 0 Å². The van der Waals surface area contributed by atoms with Crippen LogP contribution in [0.2, 0.25) is 0 Å². The number of benzene rings is 1. The fourth-order valence-corrected chi connectivity index (χ4v) is 3.03. The van der Waals surface area contributed by atoms with Crippen molar-refractivity contribution in [2.75, 3.05) is 27.3 Å². The third-order valence-electron chi connectivity index (χ3n) is 4.53. The molecule has 138 valence electrons. The summed E-state index contributed by atoms with van der Waals surface area (Å²) in [4.78, 5) is 27.3. The third kappa shape index (κ3) is 4.65. The van der Waals surface area contributed by atoms with Gasteiger partial charge in [0.05, 0.1) is 14.2 Å². The predicted octanol–water partition coefficient (Wildman–Crippen LogP) is 2.47. The summed E-state index contributed by atoms with van der Waals surface area (Å²) in [7, 11) is 3.07. The molecule has 2 amide bonds. The normalized spacial score (nSPS) is 15.6. The number of piperidine rings is 1. The van der Waals surface area contributed by atoms with Gasteiger partial charge in [0, 0.05) is 18.7 Å². The molecule has 0 aliphatic carbocycles. The molecule has 2 rings (SSSR count). The molecule has 1 heterocycles. The molecule has 0 spiro atoms. The number of carbonyl (C=O) groups is 2. The van der Waals surface area contributed by atoms with Gasteiger partial charge < -0.3 is 19.7 Å². The van der Waals surface area contributed by atoms with Gasteiger partial charge in [-0.15, -0.1) is 0 Å². The van der Waals surface area contributed by atoms with E-state index in [-0.39, 0.29) is 17.7 Å². The van der Waals surface area contributed by atoms with Crippen LogP contribution in [0.15, 0.2) is 18.2 Å². The van der Waals surface area contributed by atoms with E-state index in [1.54, 1.807) is 25.3 Å². The second-order valence-corrected chi connectivity index (χ2v) is 6.65. The lowest BCUT2D eigenvalue weighted by atomic mass is 10.0. The summed E-state index contributed by atoms with van der Waals surface area (Å²) >= 11 is 0. The largest absolute Gasteiger partial charge is 0.493 e. The van der Waals surface area contributed by atoms with E-state index in [1.807, 2.05) is 18.7 Å². The molecule has 1 atom stereocenters. The highest BCUT2D eigenvalue weighted by Crippen LogP contribution is 2.27. The van der Waals surface area contributed by atoms with Gasteiger partial charge in [0.2, 0.25) is 5.91 Å². The number of carbonyl (C=O) groups excluding carboxylic acids is 2. The maximum Gasteiger partial charge on any atom is 0.252 e. The Bertz CT molecular complexity index is 609. The SMILES string of the molecule is COc1ccc(C(=O)N[C@@H](C(=O)N2CCCCC2)C(C)C)cc1OC. The van der Waals surface area contributed by atoms with Crippen LogP contribution < -0.4 is 14.8 Å². The summed E-state index contributed by atoms with van der Waals surface area (Å²) in [5, 5.41) is 2.89. The molecule has 0 radical (unpaired) electrons. The Hall–Kier alpha value is -2.24. The number of hydrogen-bond acceptors (Lipinski definition) is 4. The lowest BCUT2D eigenvalue weighted by Crippen LogP contribution is -2.52. The predicted molar refractivity (Wildman–Crippen MR) is 96.1 cm³/mol. The van der Waals surface area contributed by atoms with Gasteiger partial charge in [-0.2, -0.15) is 0 Å². The zero-order chi connectivity index (χ0) is 18.4. The number of likely N-dealkylation sites (tertiary alicyclic amines) is 1. The Labute approximate surface area is 149 Å². The summed E-state index contributed by atoms with van der Waals surface area (Å²) in [6, 6.07) is 4.44. The van der Waals surface area contributed by atoms with Crippen LogP contribution in [0, 0.1) is 5.92 Å². The topological polar surface area (TPSA) is 67.9 Å². The van der Waals surface area contributed by atoms with E-state index < -0.39 is 6.04 Å². The number of hydrogen-bond donors (Lipinski definition) is 1. The molecular weight excluding hydrogens is 320 g/mol. The van der Waals surface area contributed by atoms with Gasteiger partial charge in [-0.25, -0.2) is 0 Å². The van der Waals surface area contributed by atoms with Crippen LogP contribution in [0.4, 0.5) is 0 Å². The van der Waals surface area contributed by atoms with Gasteiger partial charge in [-0.05, 0) is 43.4 Å². The highest BCUT2D eigenvalue weighted by atomic mass is 16.5. The number of rotatable bonds is 6. The van der Waals surface area contributed by atoms with Crippen LogP contribution in [0.1, 0.15) is 43.5 Å². The van der Waals surface area contributed by atoms with Crippen molar-refractivity contribution in [3.05, 3.63) is 23.8 Å². The van der Waals surface area contributed by atoms with Crippen molar-refractivity contribution in [1.82, 2.24) is 10.2 Å². The first-order valence-electron chi connectivity index (χ1n) is 8.79. The lowest BCUT2D eigenvalue weighted by molar-refractivity contribution is -0.135. The highest BCUT2D eigenvalue weighted by molar-refractivity contribution is 5.98. The van der Waals surface area contributed by atoms with Crippen molar-refractivity contribution in [2.45, 2.75) is 39.2 Å². The lowest BCUT2D eigenvalue weighted by Gasteiger charge is -2.32. The van der Waals surface area contributed by atoms with E-state index in [0.29, 0.717) is 17.1 Å². The van der Waals surface area contributed by atoms with E-state index in [4.69, 9.17) is 9.47 Å². The van der Waals surface area contributed by atoms with Gasteiger partial charge in [0.25, 0.3) is 5.91 Å². The maximum absolute atomic E-state index is 12.8. The van der Waals surface area contributed by atoms with Gasteiger partial charge in [0.1, 0.15) is 6.04 Å². The molecule has 1 aromatic carbocycles. The third-order valence-corrected chi connectivity index (χ3v) is 4.53. The number of amides is 2. The second-order valence-electron chi connectivity index (χ2n) is 6.65. The van der Waals surface area contributed by atoms with E-state index in [2.05, 4.69) is 5.32 Å². The Kier molecular flexibility index (Phi) is 6.67. The maximum atomic E-state index is 12.8. The van der Waals surface area contributed by atoms with Crippen LogP contribution in [0.5, 0.6) is 11.5 Å². The summed E-state index contributed by atoms with van der Waals surface area (Å²) in [5.41, 5.74) is 0.440. The molecule has 0 unspecified atom stereocenters. The van der Waals surface area contributed by atoms with Crippen LogP contribution in [0.25, 0.3) is 0 Å².